The summed E-state index contributed by atoms with van der Waals surface area (Å²) < 4.78 is 22.3. The van der Waals surface area contributed by atoms with Gasteiger partial charge in [-0.15, -0.1) is 22.7 Å². The standard InChI is InChI=1S/C21H28N2O3SSi.C19H24N2O3SSi/c1-6-26-21(24)17-13-23(14-25-9-10-28(3,4)5)22-20(17)19-12-16-11-15(2)7-8-18(16)27-19;1-13-5-6-16-14(9-13)10-17(25-16)18-15(19(22)23)11-21(20-18)12-24-7-8-26(2,3)4/h7-8,11-13H,6,9-10,14H2,1-5H3;5-6,9-11H,7-8,12H2,1-4H3,(H,22,23). The van der Waals surface area contributed by atoms with Gasteiger partial charge in [0.1, 0.15) is 36.0 Å². The molecule has 14 heteroatoms. The van der Waals surface area contributed by atoms with Crippen molar-refractivity contribution in [3.05, 3.63) is 83.2 Å². The summed E-state index contributed by atoms with van der Waals surface area (Å²) in [7, 11) is -2.28. The SMILES string of the molecule is CCOC(=O)c1cn(COCC[Si](C)(C)C)nc1-c1cc2cc(C)ccc2s1.Cc1ccc2sc(-c3nn(COCC[Si](C)(C)C)cc3C(=O)O)cc2c1. The minimum atomic E-state index is -1.14. The monoisotopic (exact) mass is 804 g/mol. The minimum Gasteiger partial charge on any atom is -0.478 e. The van der Waals surface area contributed by atoms with Crippen LogP contribution in [-0.4, -0.2) is 72.6 Å². The van der Waals surface area contributed by atoms with Crippen molar-refractivity contribution >= 4 is 70.9 Å². The topological polar surface area (TPSA) is 118 Å². The predicted octanol–water partition coefficient (Wildman–Crippen LogP) is 10.6. The van der Waals surface area contributed by atoms with Gasteiger partial charge in [0.25, 0.3) is 0 Å². The van der Waals surface area contributed by atoms with Gasteiger partial charge in [-0.05, 0) is 67.9 Å². The number of carboxylic acids is 1. The quantitative estimate of drug-likeness (QED) is 0.0619. The Morgan fingerprint density at radius 2 is 1.15 bits per heavy atom. The van der Waals surface area contributed by atoms with Crippen LogP contribution in [0.15, 0.2) is 60.9 Å². The molecule has 0 saturated heterocycles. The van der Waals surface area contributed by atoms with Crippen LogP contribution in [0.5, 0.6) is 0 Å². The molecule has 288 valence electrons. The second kappa shape index (κ2) is 17.7. The first-order chi connectivity index (χ1) is 25.5. The number of aromatic carboxylic acids is 1. The Bertz CT molecular complexity index is 2220. The fraction of sp³-hybridized carbons (Fsp3) is 0.400. The predicted molar refractivity (Wildman–Crippen MR) is 227 cm³/mol. The molecule has 0 fully saturated rings. The molecule has 0 bridgehead atoms. The zero-order chi connectivity index (χ0) is 39.2. The van der Waals surface area contributed by atoms with Gasteiger partial charge in [0, 0.05) is 51.2 Å². The van der Waals surface area contributed by atoms with E-state index in [1.54, 1.807) is 44.4 Å². The maximum atomic E-state index is 12.5. The molecule has 1 N–H and O–H groups in total. The van der Waals surface area contributed by atoms with Crippen molar-refractivity contribution < 1.29 is 28.9 Å². The Hall–Kier alpha value is -3.93. The second-order valence-electron chi connectivity index (χ2n) is 15.9. The number of nitrogens with zero attached hydrogens (tertiary/aromatic N) is 4. The van der Waals surface area contributed by atoms with Gasteiger partial charge in [0.05, 0.1) is 16.4 Å². The summed E-state index contributed by atoms with van der Waals surface area (Å²) in [6.45, 7) is 22.1. The summed E-state index contributed by atoms with van der Waals surface area (Å²) in [5.41, 5.74) is 4.25. The summed E-state index contributed by atoms with van der Waals surface area (Å²) in [6.07, 6.45) is 3.29. The van der Waals surface area contributed by atoms with E-state index in [-0.39, 0.29) is 18.3 Å². The molecule has 0 unspecified atom stereocenters. The number of rotatable bonds is 15. The van der Waals surface area contributed by atoms with Gasteiger partial charge in [-0.25, -0.2) is 19.0 Å². The molecule has 4 aromatic heterocycles. The lowest BCUT2D eigenvalue weighted by Crippen LogP contribution is -2.22. The molecule has 0 aliphatic rings. The van der Waals surface area contributed by atoms with Crippen molar-refractivity contribution in [1.29, 1.82) is 0 Å². The number of ether oxygens (including phenoxy) is 3. The molecule has 0 aliphatic heterocycles. The number of benzene rings is 2. The Labute approximate surface area is 327 Å². The van der Waals surface area contributed by atoms with Gasteiger partial charge in [0.2, 0.25) is 0 Å². The van der Waals surface area contributed by atoms with Gasteiger partial charge in [-0.1, -0.05) is 74.7 Å². The highest BCUT2D eigenvalue weighted by molar-refractivity contribution is 7.22. The van der Waals surface area contributed by atoms with E-state index in [4.69, 9.17) is 14.2 Å². The lowest BCUT2D eigenvalue weighted by molar-refractivity contribution is 0.0525. The van der Waals surface area contributed by atoms with E-state index in [9.17, 15) is 14.7 Å². The normalized spacial score (nSPS) is 11.9. The van der Waals surface area contributed by atoms with Crippen LogP contribution >= 0.6 is 22.7 Å². The largest absolute Gasteiger partial charge is 0.478 e. The first-order valence-electron chi connectivity index (χ1n) is 18.2. The zero-order valence-electron chi connectivity index (χ0n) is 32.8. The second-order valence-corrected chi connectivity index (χ2v) is 29.3. The average Bonchev–Trinajstić information content (AvgIpc) is 3.88. The number of aryl methyl sites for hydroxylation is 2. The first-order valence-corrected chi connectivity index (χ1v) is 27.3. The molecular weight excluding hydrogens is 753 g/mol. The van der Waals surface area contributed by atoms with Gasteiger partial charge in [-0.2, -0.15) is 10.2 Å². The number of esters is 1. The Balaban J connectivity index is 0.000000208. The minimum absolute atomic E-state index is 0.210. The Kier molecular flexibility index (Phi) is 13.5. The van der Waals surface area contributed by atoms with E-state index < -0.39 is 22.1 Å². The van der Waals surface area contributed by atoms with Crippen molar-refractivity contribution in [2.45, 2.75) is 85.6 Å². The Morgan fingerprint density at radius 3 is 1.57 bits per heavy atom. The fourth-order valence-corrected chi connectivity index (χ4v) is 9.08. The van der Waals surface area contributed by atoms with Crippen molar-refractivity contribution in [3.8, 4) is 21.1 Å². The summed E-state index contributed by atoms with van der Waals surface area (Å²) in [6, 6.07) is 18.9. The first kappa shape index (κ1) is 41.2. The molecule has 6 rings (SSSR count). The summed E-state index contributed by atoms with van der Waals surface area (Å²) in [5.74, 6) is -1.32. The summed E-state index contributed by atoms with van der Waals surface area (Å²) >= 11 is 3.20. The molecule has 0 amide bonds. The summed E-state index contributed by atoms with van der Waals surface area (Å²) in [5, 5.41) is 21.0. The Morgan fingerprint density at radius 1 is 0.704 bits per heavy atom. The molecule has 0 saturated carbocycles. The highest BCUT2D eigenvalue weighted by Gasteiger charge is 2.22. The lowest BCUT2D eigenvalue weighted by atomic mass is 10.1. The molecule has 6 aromatic rings. The number of hydrogen-bond donors (Lipinski definition) is 1. The zero-order valence-corrected chi connectivity index (χ0v) is 36.5. The van der Waals surface area contributed by atoms with Crippen LogP contribution < -0.4 is 0 Å². The molecule has 10 nitrogen and oxygen atoms in total. The van der Waals surface area contributed by atoms with E-state index in [1.165, 1.54) is 15.8 Å². The van der Waals surface area contributed by atoms with Gasteiger partial charge < -0.3 is 19.3 Å². The average molecular weight is 805 g/mol. The fourth-order valence-electron chi connectivity index (χ4n) is 5.49. The number of carbonyl (C=O) groups excluding carboxylic acids is 1. The maximum Gasteiger partial charge on any atom is 0.342 e. The molecule has 0 radical (unpaired) electrons. The van der Waals surface area contributed by atoms with E-state index in [2.05, 4.69) is 98.9 Å². The van der Waals surface area contributed by atoms with Crippen LogP contribution in [0.1, 0.15) is 38.8 Å². The van der Waals surface area contributed by atoms with Crippen LogP contribution in [0.25, 0.3) is 41.3 Å². The smallest absolute Gasteiger partial charge is 0.342 e. The lowest BCUT2D eigenvalue weighted by Gasteiger charge is -2.15. The molecule has 0 spiro atoms. The number of thiophene rings is 2. The van der Waals surface area contributed by atoms with E-state index in [1.807, 2.05) is 19.9 Å². The van der Waals surface area contributed by atoms with Crippen LogP contribution in [-0.2, 0) is 27.7 Å². The third-order valence-electron chi connectivity index (χ3n) is 8.50. The van der Waals surface area contributed by atoms with Gasteiger partial charge in [0.15, 0.2) is 0 Å². The molecule has 54 heavy (non-hydrogen) atoms. The van der Waals surface area contributed by atoms with E-state index in [0.717, 1.165) is 37.3 Å². The third kappa shape index (κ3) is 11.3. The van der Waals surface area contributed by atoms with Gasteiger partial charge in [-0.3, -0.25) is 0 Å². The summed E-state index contributed by atoms with van der Waals surface area (Å²) in [4.78, 5) is 26.0. The number of fused-ring (bicyclic) bond motifs is 2. The van der Waals surface area contributed by atoms with Crippen LogP contribution in [0, 0.1) is 13.8 Å². The molecular formula is C40H52N4O6S2Si2. The number of carboxylic acid groups (broad SMARTS) is 1. The highest BCUT2D eigenvalue weighted by Crippen LogP contribution is 2.36. The molecule has 0 aliphatic carbocycles. The number of carbonyl (C=O) groups is 2. The highest BCUT2D eigenvalue weighted by atomic mass is 32.1. The van der Waals surface area contributed by atoms with Crippen molar-refractivity contribution in [3.63, 3.8) is 0 Å². The molecule has 4 heterocycles. The van der Waals surface area contributed by atoms with Crippen LogP contribution in [0.2, 0.25) is 51.4 Å². The molecule has 2 aromatic carbocycles. The van der Waals surface area contributed by atoms with E-state index >= 15 is 0 Å². The number of hydrogen-bond acceptors (Lipinski definition) is 9. The van der Waals surface area contributed by atoms with Crippen molar-refractivity contribution in [1.82, 2.24) is 19.6 Å². The van der Waals surface area contributed by atoms with Crippen LogP contribution in [0.3, 0.4) is 0 Å². The third-order valence-corrected chi connectivity index (χ3v) is 14.2. The molecule has 0 atom stereocenters. The number of aromatic nitrogens is 4. The van der Waals surface area contributed by atoms with Crippen LogP contribution in [0.4, 0.5) is 0 Å². The van der Waals surface area contributed by atoms with Gasteiger partial charge >= 0.3 is 11.9 Å². The van der Waals surface area contributed by atoms with Crippen molar-refractivity contribution in [2.75, 3.05) is 19.8 Å². The van der Waals surface area contributed by atoms with Crippen molar-refractivity contribution in [2.24, 2.45) is 0 Å². The van der Waals surface area contributed by atoms with E-state index in [0.29, 0.717) is 43.5 Å². The maximum absolute atomic E-state index is 12.5.